The summed E-state index contributed by atoms with van der Waals surface area (Å²) in [6.45, 7) is 5.44. The number of nitrogens with one attached hydrogen (secondary N) is 4. The molecule has 14 heteroatoms. The van der Waals surface area contributed by atoms with Crippen molar-refractivity contribution >= 4 is 52.0 Å². The fourth-order valence-corrected chi connectivity index (χ4v) is 5.79. The number of aromatic nitrogens is 1. The third-order valence-corrected chi connectivity index (χ3v) is 8.01. The van der Waals surface area contributed by atoms with E-state index in [-0.39, 0.29) is 25.1 Å². The number of likely N-dealkylation sites (tertiary alicyclic amines) is 1. The Balaban J connectivity index is 1.56. The van der Waals surface area contributed by atoms with Gasteiger partial charge in [-0.1, -0.05) is 30.3 Å². The number of rotatable bonds is 12. The van der Waals surface area contributed by atoms with Crippen LogP contribution in [-0.2, 0) is 25.6 Å². The summed E-state index contributed by atoms with van der Waals surface area (Å²) in [4.78, 5) is 69.9. The van der Waals surface area contributed by atoms with Gasteiger partial charge in [0.15, 0.2) is 6.10 Å². The maximum absolute atomic E-state index is 13.8. The second kappa shape index (κ2) is 14.9. The number of nitrogens with zero attached hydrogens (tertiary/aromatic N) is 1. The molecule has 47 heavy (non-hydrogen) atoms. The van der Waals surface area contributed by atoms with Crippen LogP contribution in [0.25, 0.3) is 10.9 Å². The Kier molecular flexibility index (Phi) is 11.1. The van der Waals surface area contributed by atoms with Gasteiger partial charge in [-0.05, 0) is 63.4 Å². The van der Waals surface area contributed by atoms with E-state index in [1.165, 1.54) is 12.0 Å². The van der Waals surface area contributed by atoms with Gasteiger partial charge >= 0.3 is 0 Å². The number of carbonyl (C=O) groups is 5. The number of nitrogens with two attached hydrogens (primary N) is 1. The van der Waals surface area contributed by atoms with Gasteiger partial charge in [0.05, 0.1) is 24.9 Å². The van der Waals surface area contributed by atoms with Gasteiger partial charge in [0.25, 0.3) is 11.8 Å². The number of methoxy groups -OCH3 is 1. The second-order valence-corrected chi connectivity index (χ2v) is 13.3. The highest BCUT2D eigenvalue weighted by molar-refractivity contribution is 6.21. The molecule has 0 unspecified atom stereocenters. The van der Waals surface area contributed by atoms with E-state index in [4.69, 9.17) is 22.1 Å². The van der Waals surface area contributed by atoms with Crippen molar-refractivity contribution in [2.45, 2.75) is 75.2 Å². The molecule has 0 radical (unpaired) electrons. The highest BCUT2D eigenvalue weighted by Crippen LogP contribution is 2.25. The number of hydrogen-bond acceptors (Lipinski definition) is 7. The first-order valence-electron chi connectivity index (χ1n) is 15.2. The molecule has 0 aliphatic carbocycles. The first kappa shape index (κ1) is 35.2. The van der Waals surface area contributed by atoms with Gasteiger partial charge in [-0.25, -0.2) is 0 Å². The number of ether oxygens (including phenoxy) is 1. The summed E-state index contributed by atoms with van der Waals surface area (Å²) in [6, 6.07) is 12.0. The van der Waals surface area contributed by atoms with Crippen LogP contribution < -0.4 is 26.4 Å². The molecule has 13 nitrogen and oxygen atoms in total. The maximum Gasteiger partial charge on any atom is 0.268 e. The molecule has 1 fully saturated rings. The number of carbonyl (C=O) groups excluding carboxylic acids is 5. The fraction of sp³-hybridized carbons (Fsp3) is 0.424. The summed E-state index contributed by atoms with van der Waals surface area (Å²) in [5.41, 5.74) is 6.31. The normalized spacial score (nSPS) is 18.2. The van der Waals surface area contributed by atoms with Crippen LogP contribution in [0.2, 0.25) is 0 Å². The van der Waals surface area contributed by atoms with Gasteiger partial charge in [0, 0.05) is 23.0 Å². The van der Waals surface area contributed by atoms with E-state index in [9.17, 15) is 29.1 Å². The number of primary amides is 1. The van der Waals surface area contributed by atoms with E-state index in [0.717, 1.165) is 0 Å². The molecule has 7 N–H and O–H groups in total. The Bertz CT molecular complexity index is 1620. The third kappa shape index (κ3) is 9.23. The second-order valence-electron chi connectivity index (χ2n) is 12.7. The molecule has 1 aromatic heterocycles. The zero-order valence-corrected chi connectivity index (χ0v) is 27.5. The number of amides is 5. The molecule has 252 valence electrons. The molecular formula is C33H41ClN6O7. The molecule has 1 aliphatic heterocycles. The first-order valence-corrected chi connectivity index (χ1v) is 15.6. The van der Waals surface area contributed by atoms with Crippen molar-refractivity contribution in [3.05, 3.63) is 65.9 Å². The van der Waals surface area contributed by atoms with Crippen molar-refractivity contribution in [2.24, 2.45) is 5.73 Å². The lowest BCUT2D eigenvalue weighted by atomic mass is 9.99. The standard InChI is InChI=1S/C33H41ClN6O7/c1-33(2,3)39-31(45)26-15-20(34)17-40(26)32(46)28(42)23(12-18-8-6-5-7-9-18)37-30(44)25(16-27(35)41)38-29(43)24-14-19-13-21(47-4)10-11-22(19)36-24/h5-11,13-14,20,23,25-26,28,36,42H,12,15-17H2,1-4H3,(H2,35,41)(H,37,44)(H,38,43)(H,39,45)/t20-,23-,25-,26-,28-/m0/s1. The fourth-order valence-electron chi connectivity index (χ4n) is 5.47. The van der Waals surface area contributed by atoms with Crippen LogP contribution in [-0.4, -0.2) is 93.3 Å². The Labute approximate surface area is 277 Å². The predicted molar refractivity (Wildman–Crippen MR) is 176 cm³/mol. The molecule has 1 saturated heterocycles. The smallest absolute Gasteiger partial charge is 0.268 e. The van der Waals surface area contributed by atoms with Crippen LogP contribution in [0, 0.1) is 0 Å². The Morgan fingerprint density at radius 1 is 1.09 bits per heavy atom. The van der Waals surface area contributed by atoms with Gasteiger partial charge < -0.3 is 41.4 Å². The van der Waals surface area contributed by atoms with E-state index >= 15 is 0 Å². The van der Waals surface area contributed by atoms with Crippen LogP contribution in [0.15, 0.2) is 54.6 Å². The highest BCUT2D eigenvalue weighted by atomic mass is 35.5. The molecular weight excluding hydrogens is 628 g/mol. The number of fused-ring (bicyclic) bond motifs is 1. The number of alkyl halides is 1. The number of benzene rings is 2. The summed E-state index contributed by atoms with van der Waals surface area (Å²) in [6.07, 6.45) is -2.16. The molecule has 5 amide bonds. The van der Waals surface area contributed by atoms with E-state index in [1.54, 1.807) is 75.4 Å². The van der Waals surface area contributed by atoms with Gasteiger partial charge in [-0.15, -0.1) is 11.6 Å². The van der Waals surface area contributed by atoms with Crippen molar-refractivity contribution in [3.63, 3.8) is 0 Å². The van der Waals surface area contributed by atoms with Gasteiger partial charge in [-0.2, -0.15) is 0 Å². The number of H-pyrrole nitrogens is 1. The number of hydrogen-bond donors (Lipinski definition) is 6. The molecule has 0 saturated carbocycles. The van der Waals surface area contributed by atoms with E-state index in [1.807, 2.05) is 0 Å². The summed E-state index contributed by atoms with van der Waals surface area (Å²) in [5, 5.41) is 19.6. The number of aliphatic hydroxyl groups excluding tert-OH is 1. The van der Waals surface area contributed by atoms with E-state index < -0.39 is 71.1 Å². The molecule has 2 aromatic carbocycles. The summed E-state index contributed by atoms with van der Waals surface area (Å²) in [7, 11) is 1.52. The lowest BCUT2D eigenvalue weighted by Gasteiger charge is -2.32. The molecule has 0 bridgehead atoms. The zero-order chi connectivity index (χ0) is 34.5. The number of aromatic amines is 1. The zero-order valence-electron chi connectivity index (χ0n) is 26.7. The number of aliphatic hydroxyl groups is 1. The molecule has 1 aliphatic rings. The quantitative estimate of drug-likeness (QED) is 0.157. The van der Waals surface area contributed by atoms with Gasteiger partial charge in [0.2, 0.25) is 17.7 Å². The Morgan fingerprint density at radius 2 is 1.79 bits per heavy atom. The minimum absolute atomic E-state index is 0.0115. The predicted octanol–water partition coefficient (Wildman–Crippen LogP) is 1.36. The van der Waals surface area contributed by atoms with Crippen molar-refractivity contribution in [1.29, 1.82) is 0 Å². The van der Waals surface area contributed by atoms with Gasteiger partial charge in [-0.3, -0.25) is 24.0 Å². The molecule has 0 spiro atoms. The van der Waals surface area contributed by atoms with Crippen LogP contribution in [0.5, 0.6) is 5.75 Å². The average molecular weight is 669 g/mol. The van der Waals surface area contributed by atoms with Crippen molar-refractivity contribution < 1.29 is 33.8 Å². The summed E-state index contributed by atoms with van der Waals surface area (Å²) >= 11 is 6.37. The van der Waals surface area contributed by atoms with Crippen LogP contribution in [0.3, 0.4) is 0 Å². The Morgan fingerprint density at radius 3 is 2.43 bits per heavy atom. The lowest BCUT2D eigenvalue weighted by Crippen LogP contribution is -2.59. The molecule has 5 atom stereocenters. The van der Waals surface area contributed by atoms with Crippen LogP contribution >= 0.6 is 11.6 Å². The van der Waals surface area contributed by atoms with Gasteiger partial charge in [0.1, 0.15) is 23.5 Å². The third-order valence-electron chi connectivity index (χ3n) is 7.69. The van der Waals surface area contributed by atoms with Crippen molar-refractivity contribution in [1.82, 2.24) is 25.8 Å². The summed E-state index contributed by atoms with van der Waals surface area (Å²) in [5.74, 6) is -3.02. The molecule has 2 heterocycles. The van der Waals surface area contributed by atoms with E-state index in [0.29, 0.717) is 22.2 Å². The van der Waals surface area contributed by atoms with E-state index in [2.05, 4.69) is 20.9 Å². The minimum Gasteiger partial charge on any atom is -0.497 e. The molecule has 4 rings (SSSR count). The lowest BCUT2D eigenvalue weighted by molar-refractivity contribution is -0.147. The minimum atomic E-state index is -1.81. The highest BCUT2D eigenvalue weighted by Gasteiger charge is 2.43. The largest absolute Gasteiger partial charge is 0.497 e. The SMILES string of the molecule is COc1ccc2[nH]c(C(=O)N[C@@H](CC(N)=O)C(=O)N[C@@H](Cc3ccccc3)[C@H](O)C(=O)N3C[C@@H](Cl)C[C@H]3C(=O)NC(C)(C)C)cc2c1. The monoisotopic (exact) mass is 668 g/mol. The van der Waals surface area contributed by atoms with Crippen LogP contribution in [0.1, 0.15) is 49.7 Å². The maximum atomic E-state index is 13.8. The summed E-state index contributed by atoms with van der Waals surface area (Å²) < 4.78 is 5.23. The van der Waals surface area contributed by atoms with Crippen molar-refractivity contribution in [2.75, 3.05) is 13.7 Å². The van der Waals surface area contributed by atoms with Crippen LogP contribution in [0.4, 0.5) is 0 Å². The average Bonchev–Trinajstić information content (AvgIpc) is 3.62. The molecule has 3 aromatic rings. The topological polar surface area (TPSA) is 196 Å². The van der Waals surface area contributed by atoms with Crippen molar-refractivity contribution in [3.8, 4) is 5.75 Å². The number of halogens is 1. The Hall–Kier alpha value is -4.62. The first-order chi connectivity index (χ1) is 22.1.